The van der Waals surface area contributed by atoms with Gasteiger partial charge in [0.15, 0.2) is 0 Å². The standard InChI is InChI=1S/C28H25N3O6/c1-15-18-13-16-7-5-11-30-12-6-8-17(23(16)30)24(18)37-27(34)19(15)14-20-25(32)29-28(35)31(26(20)33)21-9-3-4-10-22(21)36-2/h3-4,9-10,13-14H,5-8,11-12H2,1-2H3,(H,29,32,35)/b20-14-. The highest BCUT2D eigenvalue weighted by molar-refractivity contribution is 6.39. The van der Waals surface area contributed by atoms with Crippen LogP contribution in [0.1, 0.15) is 35.1 Å². The zero-order valence-corrected chi connectivity index (χ0v) is 20.6. The van der Waals surface area contributed by atoms with Gasteiger partial charge in [-0.1, -0.05) is 12.1 Å². The van der Waals surface area contributed by atoms with Gasteiger partial charge in [0.05, 0.1) is 18.4 Å². The molecule has 9 nitrogen and oxygen atoms in total. The lowest BCUT2D eigenvalue weighted by Crippen LogP contribution is -2.54. The lowest BCUT2D eigenvalue weighted by atomic mass is 9.88. The Morgan fingerprint density at radius 2 is 1.81 bits per heavy atom. The summed E-state index contributed by atoms with van der Waals surface area (Å²) in [6.45, 7) is 3.79. The van der Waals surface area contributed by atoms with Crippen molar-refractivity contribution in [3.63, 3.8) is 0 Å². The largest absolute Gasteiger partial charge is 0.495 e. The molecule has 1 saturated heterocycles. The molecule has 2 aromatic carbocycles. The number of urea groups is 1. The first-order valence-electron chi connectivity index (χ1n) is 12.3. The molecule has 0 aliphatic carbocycles. The molecule has 9 heteroatoms. The monoisotopic (exact) mass is 499 g/mol. The molecule has 188 valence electrons. The number of para-hydroxylation sites is 2. The van der Waals surface area contributed by atoms with Crippen LogP contribution in [0.2, 0.25) is 0 Å². The van der Waals surface area contributed by atoms with Gasteiger partial charge in [0.2, 0.25) is 0 Å². The molecule has 3 aliphatic rings. The number of hydrogen-bond acceptors (Lipinski definition) is 7. The molecular formula is C28H25N3O6. The van der Waals surface area contributed by atoms with Gasteiger partial charge in [-0.05, 0) is 68.0 Å². The predicted octanol–water partition coefficient (Wildman–Crippen LogP) is 3.48. The van der Waals surface area contributed by atoms with E-state index in [9.17, 15) is 19.2 Å². The molecule has 1 fully saturated rings. The molecule has 0 bridgehead atoms. The number of hydrogen-bond donors (Lipinski definition) is 1. The van der Waals surface area contributed by atoms with Crippen LogP contribution in [0.5, 0.6) is 5.75 Å². The highest BCUT2D eigenvalue weighted by Crippen LogP contribution is 2.41. The number of anilines is 2. The molecular weight excluding hydrogens is 474 g/mol. The van der Waals surface area contributed by atoms with Crippen molar-refractivity contribution in [3.05, 3.63) is 68.6 Å². The molecule has 6 rings (SSSR count). The van der Waals surface area contributed by atoms with Gasteiger partial charge in [0.25, 0.3) is 11.8 Å². The maximum absolute atomic E-state index is 13.4. The van der Waals surface area contributed by atoms with E-state index >= 15 is 0 Å². The van der Waals surface area contributed by atoms with Crippen molar-refractivity contribution in [3.8, 4) is 5.75 Å². The quantitative estimate of drug-likeness (QED) is 0.334. The van der Waals surface area contributed by atoms with Crippen molar-refractivity contribution in [1.82, 2.24) is 5.32 Å². The number of carbonyl (C=O) groups excluding carboxylic acids is 3. The summed E-state index contributed by atoms with van der Waals surface area (Å²) in [5.74, 6) is -1.45. The van der Waals surface area contributed by atoms with Crippen LogP contribution in [0.15, 0.2) is 45.1 Å². The number of barbiturate groups is 1. The number of nitrogens with zero attached hydrogens (tertiary/aromatic N) is 2. The van der Waals surface area contributed by atoms with E-state index in [-0.39, 0.29) is 22.6 Å². The van der Waals surface area contributed by atoms with E-state index in [1.807, 2.05) is 0 Å². The molecule has 0 saturated carbocycles. The van der Waals surface area contributed by atoms with Gasteiger partial charge in [0.1, 0.15) is 16.9 Å². The SMILES string of the molecule is COc1ccccc1N1C(=O)NC(=O)/C(=C/c2c(C)c3cc4c5c(c3oc2=O)CCCN5CCC4)C1=O. The van der Waals surface area contributed by atoms with Crippen molar-refractivity contribution >= 4 is 46.3 Å². The van der Waals surface area contributed by atoms with E-state index in [4.69, 9.17) is 9.15 Å². The summed E-state index contributed by atoms with van der Waals surface area (Å²) < 4.78 is 11.1. The molecule has 1 N–H and O–H groups in total. The van der Waals surface area contributed by atoms with Crippen molar-refractivity contribution < 1.29 is 23.5 Å². The molecule has 1 aromatic heterocycles. The number of amides is 4. The second-order valence-corrected chi connectivity index (χ2v) is 9.49. The van der Waals surface area contributed by atoms with Crippen LogP contribution in [-0.2, 0) is 22.4 Å². The van der Waals surface area contributed by atoms with E-state index in [1.165, 1.54) is 30.5 Å². The Kier molecular flexibility index (Phi) is 5.36. The highest BCUT2D eigenvalue weighted by atomic mass is 16.5. The lowest BCUT2D eigenvalue weighted by molar-refractivity contribution is -0.122. The third kappa shape index (κ3) is 3.53. The molecule has 4 heterocycles. The summed E-state index contributed by atoms with van der Waals surface area (Å²) >= 11 is 0. The Balaban J connectivity index is 1.50. The first kappa shape index (κ1) is 23.0. The van der Waals surface area contributed by atoms with Crippen LogP contribution in [-0.4, -0.2) is 38.0 Å². The van der Waals surface area contributed by atoms with Gasteiger partial charge in [-0.25, -0.2) is 14.5 Å². The number of aryl methyl sites for hydroxylation is 3. The number of fused-ring (bicyclic) bond motifs is 2. The van der Waals surface area contributed by atoms with Gasteiger partial charge >= 0.3 is 11.7 Å². The summed E-state index contributed by atoms with van der Waals surface area (Å²) in [7, 11) is 1.42. The number of imide groups is 2. The zero-order valence-electron chi connectivity index (χ0n) is 20.6. The molecule has 4 amide bonds. The number of benzene rings is 2. The molecule has 0 unspecified atom stereocenters. The fourth-order valence-corrected chi connectivity index (χ4v) is 5.67. The van der Waals surface area contributed by atoms with Gasteiger partial charge in [-0.2, -0.15) is 0 Å². The smallest absolute Gasteiger partial charge is 0.343 e. The van der Waals surface area contributed by atoms with Crippen LogP contribution < -0.4 is 25.5 Å². The van der Waals surface area contributed by atoms with Gasteiger partial charge < -0.3 is 14.1 Å². The molecule has 3 aromatic rings. The minimum Gasteiger partial charge on any atom is -0.495 e. The highest BCUT2D eigenvalue weighted by Gasteiger charge is 2.38. The third-order valence-corrected chi connectivity index (χ3v) is 7.41. The first-order chi connectivity index (χ1) is 17.9. The average molecular weight is 500 g/mol. The predicted molar refractivity (Wildman–Crippen MR) is 138 cm³/mol. The summed E-state index contributed by atoms with van der Waals surface area (Å²) in [4.78, 5) is 55.2. The average Bonchev–Trinajstić information content (AvgIpc) is 2.89. The van der Waals surface area contributed by atoms with Crippen LogP contribution in [0.4, 0.5) is 16.2 Å². The first-order valence-corrected chi connectivity index (χ1v) is 12.3. The molecule has 37 heavy (non-hydrogen) atoms. The fourth-order valence-electron chi connectivity index (χ4n) is 5.67. The molecule has 3 aliphatic heterocycles. The van der Waals surface area contributed by atoms with Crippen molar-refractivity contribution in [2.24, 2.45) is 0 Å². The third-order valence-electron chi connectivity index (χ3n) is 7.41. The zero-order chi connectivity index (χ0) is 25.8. The molecule has 0 radical (unpaired) electrons. The Morgan fingerprint density at radius 3 is 2.59 bits per heavy atom. The number of carbonyl (C=O) groups is 3. The summed E-state index contributed by atoms with van der Waals surface area (Å²) in [6.07, 6.45) is 5.05. The number of ether oxygens (including phenoxy) is 1. The van der Waals surface area contributed by atoms with Crippen molar-refractivity contribution in [1.29, 1.82) is 0 Å². The Morgan fingerprint density at radius 1 is 1.05 bits per heavy atom. The minimum absolute atomic E-state index is 0.107. The van der Waals surface area contributed by atoms with E-state index < -0.39 is 23.5 Å². The van der Waals surface area contributed by atoms with Gasteiger partial charge in [0, 0.05) is 29.7 Å². The van der Waals surface area contributed by atoms with Gasteiger partial charge in [-0.3, -0.25) is 14.9 Å². The summed E-state index contributed by atoms with van der Waals surface area (Å²) in [6, 6.07) is 7.66. The number of rotatable bonds is 3. The minimum atomic E-state index is -0.894. The number of nitrogens with one attached hydrogen (secondary N) is 1. The maximum atomic E-state index is 13.4. The fraction of sp³-hybridized carbons (Fsp3) is 0.286. The summed E-state index contributed by atoms with van der Waals surface area (Å²) in [5, 5.41) is 2.99. The van der Waals surface area contributed by atoms with Crippen LogP contribution in [0.3, 0.4) is 0 Å². The maximum Gasteiger partial charge on any atom is 0.343 e. The van der Waals surface area contributed by atoms with E-state index in [0.717, 1.165) is 54.6 Å². The number of methoxy groups -OCH3 is 1. The Hall–Kier alpha value is -4.40. The lowest BCUT2D eigenvalue weighted by Gasteiger charge is -2.37. The van der Waals surface area contributed by atoms with Crippen LogP contribution in [0, 0.1) is 6.92 Å². The normalized spacial score (nSPS) is 18.3. The van der Waals surface area contributed by atoms with Gasteiger partial charge in [-0.15, -0.1) is 0 Å². The van der Waals surface area contributed by atoms with Crippen LogP contribution in [0.25, 0.3) is 17.0 Å². The van der Waals surface area contributed by atoms with Crippen LogP contribution >= 0.6 is 0 Å². The second kappa shape index (κ2) is 8.62. The van der Waals surface area contributed by atoms with E-state index in [0.29, 0.717) is 11.1 Å². The molecule has 0 spiro atoms. The second-order valence-electron chi connectivity index (χ2n) is 9.49. The van der Waals surface area contributed by atoms with E-state index in [2.05, 4.69) is 16.3 Å². The van der Waals surface area contributed by atoms with E-state index in [1.54, 1.807) is 25.1 Å². The van der Waals surface area contributed by atoms with Crippen molar-refractivity contribution in [2.75, 3.05) is 30.0 Å². The topological polar surface area (TPSA) is 109 Å². The molecule has 0 atom stereocenters. The summed E-state index contributed by atoms with van der Waals surface area (Å²) in [5.41, 5.74) is 3.97. The Labute approximate surface area is 212 Å². The Bertz CT molecular complexity index is 1600. The van der Waals surface area contributed by atoms with Crippen molar-refractivity contribution in [2.45, 2.75) is 32.6 Å².